The lowest BCUT2D eigenvalue weighted by molar-refractivity contribution is 0.0470. The summed E-state index contributed by atoms with van der Waals surface area (Å²) >= 11 is 1.79. The summed E-state index contributed by atoms with van der Waals surface area (Å²) in [6.07, 6.45) is 7.31. The molecular weight excluding hydrogens is 374 g/mol. The number of rotatable bonds is 3. The molecule has 28 heavy (non-hydrogen) atoms. The second-order valence-corrected chi connectivity index (χ2v) is 10.1. The van der Waals surface area contributed by atoms with Gasteiger partial charge in [0.15, 0.2) is 0 Å². The maximum absolute atomic E-state index is 12.0. The Hall–Kier alpha value is -1.89. The van der Waals surface area contributed by atoms with Crippen molar-refractivity contribution in [2.24, 2.45) is 0 Å². The number of carbonyl (C=O) groups excluding carboxylic acids is 1. The lowest BCUT2D eigenvalue weighted by Crippen LogP contribution is -2.42. The van der Waals surface area contributed by atoms with Crippen LogP contribution < -0.4 is 10.1 Å². The monoisotopic (exact) mass is 403 g/mol. The summed E-state index contributed by atoms with van der Waals surface area (Å²) in [6, 6.07) is 0.144. The summed E-state index contributed by atoms with van der Waals surface area (Å²) in [7, 11) is 0. The molecule has 1 atom stereocenters. The van der Waals surface area contributed by atoms with E-state index in [4.69, 9.17) is 9.47 Å². The summed E-state index contributed by atoms with van der Waals surface area (Å²) in [4.78, 5) is 23.4. The molecule has 0 saturated heterocycles. The van der Waals surface area contributed by atoms with Gasteiger partial charge in [0, 0.05) is 10.9 Å². The summed E-state index contributed by atoms with van der Waals surface area (Å²) in [5.74, 6) is 1.28. The molecule has 4 rings (SSSR count). The molecule has 0 aromatic carbocycles. The van der Waals surface area contributed by atoms with Gasteiger partial charge in [0.05, 0.1) is 5.39 Å². The Morgan fingerprint density at radius 3 is 2.64 bits per heavy atom. The highest BCUT2D eigenvalue weighted by Crippen LogP contribution is 2.45. The van der Waals surface area contributed by atoms with Crippen molar-refractivity contribution in [3.8, 4) is 5.88 Å². The molecule has 2 aromatic heterocycles. The zero-order valence-corrected chi connectivity index (χ0v) is 17.9. The van der Waals surface area contributed by atoms with Gasteiger partial charge in [0.2, 0.25) is 5.88 Å². The Morgan fingerprint density at radius 1 is 1.18 bits per heavy atom. The van der Waals surface area contributed by atoms with Crippen LogP contribution >= 0.6 is 11.3 Å². The minimum Gasteiger partial charge on any atom is -0.474 e. The highest BCUT2D eigenvalue weighted by molar-refractivity contribution is 7.19. The van der Waals surface area contributed by atoms with Gasteiger partial charge < -0.3 is 14.8 Å². The van der Waals surface area contributed by atoms with E-state index < -0.39 is 5.60 Å². The first-order chi connectivity index (χ1) is 13.3. The molecule has 1 saturated carbocycles. The average molecular weight is 404 g/mol. The van der Waals surface area contributed by atoms with Crippen molar-refractivity contribution >= 4 is 27.6 Å². The number of amides is 1. The molecule has 152 valence electrons. The van der Waals surface area contributed by atoms with E-state index in [9.17, 15) is 4.79 Å². The summed E-state index contributed by atoms with van der Waals surface area (Å²) in [6.45, 7) is 7.91. The number of fused-ring (bicyclic) bond motifs is 3. The molecule has 1 amide bonds. The van der Waals surface area contributed by atoms with E-state index in [1.165, 1.54) is 16.9 Å². The first-order valence-electron chi connectivity index (χ1n) is 10.2. The number of thiophene rings is 1. The van der Waals surface area contributed by atoms with E-state index in [0.717, 1.165) is 48.2 Å². The quantitative estimate of drug-likeness (QED) is 0.784. The standard InChI is InChI=1S/C21H29N3O3S/c1-12-5-10-15-16(12)17-18(22-11-23-19(17)28-15)26-14-8-6-13(7-9-14)24-20(25)27-21(2,3)4/h11-14H,5-10H2,1-4H3,(H,24,25). The first-order valence-corrected chi connectivity index (χ1v) is 11.0. The van der Waals surface area contributed by atoms with Gasteiger partial charge in [0.1, 0.15) is 22.9 Å². The molecule has 2 heterocycles. The molecule has 0 spiro atoms. The van der Waals surface area contributed by atoms with Crippen molar-refractivity contribution < 1.29 is 14.3 Å². The number of nitrogens with one attached hydrogen (secondary N) is 1. The number of alkyl carbamates (subject to hydrolysis) is 1. The minimum atomic E-state index is -0.472. The van der Waals surface area contributed by atoms with Crippen LogP contribution in [0.5, 0.6) is 5.88 Å². The van der Waals surface area contributed by atoms with Crippen LogP contribution in [-0.4, -0.2) is 33.8 Å². The van der Waals surface area contributed by atoms with Crippen LogP contribution in [0.15, 0.2) is 6.33 Å². The van der Waals surface area contributed by atoms with Gasteiger partial charge in [-0.15, -0.1) is 11.3 Å². The highest BCUT2D eigenvalue weighted by atomic mass is 32.1. The third-order valence-corrected chi connectivity index (χ3v) is 6.71. The van der Waals surface area contributed by atoms with Gasteiger partial charge in [0.25, 0.3) is 0 Å². The molecule has 1 fully saturated rings. The van der Waals surface area contributed by atoms with Crippen molar-refractivity contribution in [1.82, 2.24) is 15.3 Å². The Bertz CT molecular complexity index is 866. The summed E-state index contributed by atoms with van der Waals surface area (Å²) < 4.78 is 11.7. The van der Waals surface area contributed by atoms with E-state index in [1.54, 1.807) is 17.7 Å². The largest absolute Gasteiger partial charge is 0.474 e. The van der Waals surface area contributed by atoms with Crippen LogP contribution in [0.25, 0.3) is 10.2 Å². The fourth-order valence-corrected chi connectivity index (χ4v) is 5.48. The number of aromatic nitrogens is 2. The topological polar surface area (TPSA) is 73.3 Å². The smallest absolute Gasteiger partial charge is 0.407 e. The summed E-state index contributed by atoms with van der Waals surface area (Å²) in [5, 5.41) is 4.11. The van der Waals surface area contributed by atoms with Crippen molar-refractivity contribution in [3.63, 3.8) is 0 Å². The number of hydrogen-bond donors (Lipinski definition) is 1. The van der Waals surface area contributed by atoms with Gasteiger partial charge in [-0.2, -0.15) is 0 Å². The van der Waals surface area contributed by atoms with Crippen molar-refractivity contribution in [3.05, 3.63) is 16.8 Å². The molecule has 0 aliphatic heterocycles. The van der Waals surface area contributed by atoms with E-state index in [2.05, 4.69) is 22.2 Å². The first kappa shape index (κ1) is 19.4. The highest BCUT2D eigenvalue weighted by Gasteiger charge is 2.30. The zero-order chi connectivity index (χ0) is 19.9. The van der Waals surface area contributed by atoms with Crippen LogP contribution in [0.4, 0.5) is 4.79 Å². The maximum atomic E-state index is 12.0. The number of carbonyl (C=O) groups is 1. The van der Waals surface area contributed by atoms with E-state index in [-0.39, 0.29) is 18.2 Å². The molecule has 1 N–H and O–H groups in total. The molecule has 0 bridgehead atoms. The minimum absolute atomic E-state index is 0.127. The second-order valence-electron chi connectivity index (χ2n) is 8.98. The Labute approximate surface area is 170 Å². The van der Waals surface area contributed by atoms with E-state index >= 15 is 0 Å². The third-order valence-electron chi connectivity index (χ3n) is 5.54. The van der Waals surface area contributed by atoms with Gasteiger partial charge in [-0.05, 0) is 70.8 Å². The summed E-state index contributed by atoms with van der Waals surface area (Å²) in [5.41, 5.74) is 0.927. The van der Waals surface area contributed by atoms with E-state index in [0.29, 0.717) is 5.92 Å². The predicted molar refractivity (Wildman–Crippen MR) is 110 cm³/mol. The van der Waals surface area contributed by atoms with Crippen molar-refractivity contribution in [2.45, 2.75) is 89.9 Å². The van der Waals surface area contributed by atoms with E-state index in [1.807, 2.05) is 20.8 Å². The van der Waals surface area contributed by atoms with Gasteiger partial charge >= 0.3 is 6.09 Å². The van der Waals surface area contributed by atoms with Crippen LogP contribution in [0.1, 0.15) is 76.2 Å². The fraction of sp³-hybridized carbons (Fsp3) is 0.667. The van der Waals surface area contributed by atoms with Crippen molar-refractivity contribution in [1.29, 1.82) is 0 Å². The molecule has 6 nitrogen and oxygen atoms in total. The fourth-order valence-electron chi connectivity index (χ4n) is 4.22. The number of hydrogen-bond acceptors (Lipinski definition) is 6. The van der Waals surface area contributed by atoms with Crippen LogP contribution in [0, 0.1) is 0 Å². The Balaban J connectivity index is 1.39. The molecule has 7 heteroatoms. The molecule has 0 radical (unpaired) electrons. The molecule has 2 aromatic rings. The molecule has 1 unspecified atom stereocenters. The Morgan fingerprint density at radius 2 is 1.93 bits per heavy atom. The number of nitrogens with zero attached hydrogens (tertiary/aromatic N) is 2. The van der Waals surface area contributed by atoms with Crippen LogP contribution in [0.2, 0.25) is 0 Å². The number of aryl methyl sites for hydroxylation is 1. The third kappa shape index (κ3) is 4.09. The van der Waals surface area contributed by atoms with Gasteiger partial charge in [-0.3, -0.25) is 0 Å². The second kappa shape index (κ2) is 7.50. The lowest BCUT2D eigenvalue weighted by Gasteiger charge is -2.30. The number of ether oxygens (including phenoxy) is 2. The van der Waals surface area contributed by atoms with Crippen LogP contribution in [-0.2, 0) is 11.2 Å². The predicted octanol–water partition coefficient (Wildman–Crippen LogP) is 4.96. The average Bonchev–Trinajstić information content (AvgIpc) is 3.15. The zero-order valence-electron chi connectivity index (χ0n) is 17.1. The molecule has 2 aliphatic rings. The van der Waals surface area contributed by atoms with Crippen LogP contribution in [0.3, 0.4) is 0 Å². The maximum Gasteiger partial charge on any atom is 0.407 e. The normalized spacial score (nSPS) is 24.8. The van der Waals surface area contributed by atoms with Crippen molar-refractivity contribution in [2.75, 3.05) is 0 Å². The lowest BCUT2D eigenvalue weighted by atomic mass is 9.93. The Kier molecular flexibility index (Phi) is 5.21. The SMILES string of the molecule is CC1CCc2sc3ncnc(OC4CCC(NC(=O)OC(C)(C)C)CC4)c3c21. The van der Waals surface area contributed by atoms with Gasteiger partial charge in [-0.25, -0.2) is 14.8 Å². The molecular formula is C21H29N3O3S. The van der Waals surface area contributed by atoms with Gasteiger partial charge in [-0.1, -0.05) is 6.92 Å². The molecule has 2 aliphatic carbocycles.